The number of hydrogen-bond acceptors (Lipinski definition) is 2. The van der Waals surface area contributed by atoms with Crippen molar-refractivity contribution in [1.82, 2.24) is 5.32 Å². The maximum absolute atomic E-state index is 11.1. The molecule has 1 N–H and O–H groups in total. The van der Waals surface area contributed by atoms with E-state index in [1.54, 1.807) is 14.0 Å². The predicted molar refractivity (Wildman–Crippen MR) is 71.8 cm³/mol. The minimum Gasteiger partial charge on any atom is -0.496 e. The van der Waals surface area contributed by atoms with Gasteiger partial charge in [0.1, 0.15) is 5.75 Å². The van der Waals surface area contributed by atoms with Crippen LogP contribution >= 0.6 is 0 Å². The van der Waals surface area contributed by atoms with E-state index in [9.17, 15) is 4.79 Å². The second-order valence-corrected chi connectivity index (χ2v) is 5.00. The van der Waals surface area contributed by atoms with Crippen LogP contribution in [0.2, 0.25) is 0 Å². The van der Waals surface area contributed by atoms with E-state index >= 15 is 0 Å². The van der Waals surface area contributed by atoms with Gasteiger partial charge in [0.15, 0.2) is 0 Å². The Kier molecular flexibility index (Phi) is 4.24. The van der Waals surface area contributed by atoms with Crippen LogP contribution in [0.1, 0.15) is 44.1 Å². The zero-order valence-electron chi connectivity index (χ0n) is 11.1. The summed E-state index contributed by atoms with van der Waals surface area (Å²) in [7, 11) is 1.72. The Hall–Kier alpha value is -1.51. The van der Waals surface area contributed by atoms with E-state index in [-0.39, 0.29) is 5.91 Å². The second kappa shape index (κ2) is 5.89. The number of nitrogens with one attached hydrogen (secondary N) is 1. The van der Waals surface area contributed by atoms with Gasteiger partial charge in [-0.2, -0.15) is 0 Å². The number of carbonyl (C=O) groups excluding carboxylic acids is 1. The molecule has 3 nitrogen and oxygen atoms in total. The highest BCUT2D eigenvalue weighted by Crippen LogP contribution is 2.37. The summed E-state index contributed by atoms with van der Waals surface area (Å²) in [6.45, 7) is 1.59. The molecule has 0 bridgehead atoms. The first-order valence-corrected chi connectivity index (χ1v) is 6.60. The van der Waals surface area contributed by atoms with E-state index in [4.69, 9.17) is 4.74 Å². The van der Waals surface area contributed by atoms with E-state index in [0.29, 0.717) is 12.0 Å². The first kappa shape index (κ1) is 12.9. The van der Waals surface area contributed by atoms with Crippen molar-refractivity contribution in [3.63, 3.8) is 0 Å². The van der Waals surface area contributed by atoms with Crippen molar-refractivity contribution in [3.05, 3.63) is 29.8 Å². The van der Waals surface area contributed by atoms with Crippen LogP contribution in [0, 0.1) is 0 Å². The van der Waals surface area contributed by atoms with Crippen molar-refractivity contribution in [1.29, 1.82) is 0 Å². The largest absolute Gasteiger partial charge is 0.496 e. The summed E-state index contributed by atoms with van der Waals surface area (Å²) in [6, 6.07) is 8.51. The summed E-state index contributed by atoms with van der Waals surface area (Å²) in [5, 5.41) is 3.04. The van der Waals surface area contributed by atoms with Gasteiger partial charge in [0.2, 0.25) is 5.91 Å². The van der Waals surface area contributed by atoms with E-state index < -0.39 is 0 Å². The molecule has 1 saturated carbocycles. The highest BCUT2D eigenvalue weighted by atomic mass is 16.5. The number of ether oxygens (including phenoxy) is 1. The zero-order valence-corrected chi connectivity index (χ0v) is 11.1. The van der Waals surface area contributed by atoms with Crippen molar-refractivity contribution >= 4 is 5.91 Å². The molecule has 98 valence electrons. The summed E-state index contributed by atoms with van der Waals surface area (Å²) >= 11 is 0. The SMILES string of the molecule is COc1ccccc1[C@@H]1CCC[C@H](NC(C)=O)C1. The van der Waals surface area contributed by atoms with Gasteiger partial charge in [0.25, 0.3) is 0 Å². The number of rotatable bonds is 3. The van der Waals surface area contributed by atoms with E-state index in [2.05, 4.69) is 17.4 Å². The number of carbonyl (C=O) groups is 1. The first-order valence-electron chi connectivity index (χ1n) is 6.60. The molecule has 0 radical (unpaired) electrons. The molecule has 0 saturated heterocycles. The Morgan fingerprint density at radius 3 is 2.83 bits per heavy atom. The molecular formula is C15H21NO2. The molecule has 2 atom stereocenters. The second-order valence-electron chi connectivity index (χ2n) is 5.00. The van der Waals surface area contributed by atoms with Crippen LogP contribution in [0.25, 0.3) is 0 Å². The maximum atomic E-state index is 11.1. The Morgan fingerprint density at radius 2 is 2.11 bits per heavy atom. The van der Waals surface area contributed by atoms with Crippen molar-refractivity contribution in [2.24, 2.45) is 0 Å². The summed E-state index contributed by atoms with van der Waals surface area (Å²) in [5.74, 6) is 1.53. The third-order valence-electron chi connectivity index (χ3n) is 3.66. The number of para-hydroxylation sites is 1. The van der Waals surface area contributed by atoms with E-state index in [1.807, 2.05) is 12.1 Å². The van der Waals surface area contributed by atoms with Crippen molar-refractivity contribution in [2.75, 3.05) is 7.11 Å². The van der Waals surface area contributed by atoms with Gasteiger partial charge in [-0.25, -0.2) is 0 Å². The fraction of sp³-hybridized carbons (Fsp3) is 0.533. The van der Waals surface area contributed by atoms with Gasteiger partial charge >= 0.3 is 0 Å². The molecule has 0 spiro atoms. The van der Waals surface area contributed by atoms with Crippen LogP contribution in [-0.2, 0) is 4.79 Å². The van der Waals surface area contributed by atoms with Crippen molar-refractivity contribution in [3.8, 4) is 5.75 Å². The van der Waals surface area contributed by atoms with Gasteiger partial charge in [-0.15, -0.1) is 0 Å². The van der Waals surface area contributed by atoms with Crippen molar-refractivity contribution < 1.29 is 9.53 Å². The van der Waals surface area contributed by atoms with E-state index in [1.165, 1.54) is 12.0 Å². The molecule has 3 heteroatoms. The average molecular weight is 247 g/mol. The third kappa shape index (κ3) is 3.03. The normalized spacial score (nSPS) is 23.4. The summed E-state index contributed by atoms with van der Waals surface area (Å²) in [4.78, 5) is 11.1. The quantitative estimate of drug-likeness (QED) is 0.892. The molecule has 1 fully saturated rings. The van der Waals surface area contributed by atoms with Gasteiger partial charge in [-0.05, 0) is 36.8 Å². The lowest BCUT2D eigenvalue weighted by atomic mass is 9.81. The number of hydrogen-bond donors (Lipinski definition) is 1. The molecule has 2 rings (SSSR count). The van der Waals surface area contributed by atoms with Gasteiger partial charge in [0.05, 0.1) is 7.11 Å². The first-order chi connectivity index (χ1) is 8.70. The topological polar surface area (TPSA) is 38.3 Å². The highest BCUT2D eigenvalue weighted by Gasteiger charge is 2.25. The van der Waals surface area contributed by atoms with E-state index in [0.717, 1.165) is 25.0 Å². The molecule has 18 heavy (non-hydrogen) atoms. The van der Waals surface area contributed by atoms with Crippen LogP contribution in [0.3, 0.4) is 0 Å². The van der Waals surface area contributed by atoms with Crippen LogP contribution in [0.4, 0.5) is 0 Å². The summed E-state index contributed by atoms with van der Waals surface area (Å²) < 4.78 is 5.43. The molecule has 0 aromatic heterocycles. The predicted octanol–water partition coefficient (Wildman–Crippen LogP) is 2.86. The van der Waals surface area contributed by atoms with Crippen LogP contribution in [0.15, 0.2) is 24.3 Å². The fourth-order valence-corrected chi connectivity index (χ4v) is 2.89. The maximum Gasteiger partial charge on any atom is 0.217 e. The molecule has 1 aliphatic rings. The van der Waals surface area contributed by atoms with Gasteiger partial charge in [-0.3, -0.25) is 4.79 Å². The number of amides is 1. The van der Waals surface area contributed by atoms with Crippen molar-refractivity contribution in [2.45, 2.75) is 44.6 Å². The molecule has 0 aliphatic heterocycles. The monoisotopic (exact) mass is 247 g/mol. The minimum absolute atomic E-state index is 0.0701. The van der Waals surface area contributed by atoms with Crippen LogP contribution in [0.5, 0.6) is 5.75 Å². The minimum atomic E-state index is 0.0701. The average Bonchev–Trinajstić information content (AvgIpc) is 2.38. The molecule has 0 unspecified atom stereocenters. The smallest absolute Gasteiger partial charge is 0.217 e. The number of methoxy groups -OCH3 is 1. The lowest BCUT2D eigenvalue weighted by Gasteiger charge is -2.30. The molecule has 1 aromatic rings. The standard InChI is InChI=1S/C15H21NO2/c1-11(17)16-13-7-5-6-12(10-13)14-8-3-4-9-15(14)18-2/h3-4,8-9,12-13H,5-7,10H2,1-2H3,(H,16,17)/t12-,13+/m1/s1. The molecule has 1 amide bonds. The van der Waals surface area contributed by atoms with Gasteiger partial charge in [0, 0.05) is 13.0 Å². The fourth-order valence-electron chi connectivity index (χ4n) is 2.89. The lowest BCUT2D eigenvalue weighted by Crippen LogP contribution is -2.36. The Labute approximate surface area is 109 Å². The Morgan fingerprint density at radius 1 is 1.33 bits per heavy atom. The van der Waals surface area contributed by atoms with Crippen LogP contribution < -0.4 is 10.1 Å². The Bertz CT molecular complexity index is 417. The number of benzene rings is 1. The Balaban J connectivity index is 2.10. The third-order valence-corrected chi connectivity index (χ3v) is 3.66. The lowest BCUT2D eigenvalue weighted by molar-refractivity contribution is -0.119. The van der Waals surface area contributed by atoms with Gasteiger partial charge < -0.3 is 10.1 Å². The van der Waals surface area contributed by atoms with Gasteiger partial charge in [-0.1, -0.05) is 24.6 Å². The molecule has 0 heterocycles. The molecule has 1 aliphatic carbocycles. The zero-order chi connectivity index (χ0) is 13.0. The highest BCUT2D eigenvalue weighted by molar-refractivity contribution is 5.73. The van der Waals surface area contributed by atoms with Crippen LogP contribution in [-0.4, -0.2) is 19.1 Å². The molecule has 1 aromatic carbocycles. The molecular weight excluding hydrogens is 226 g/mol. The summed E-state index contributed by atoms with van der Waals surface area (Å²) in [5.41, 5.74) is 1.27. The summed E-state index contributed by atoms with van der Waals surface area (Å²) in [6.07, 6.45) is 4.44.